The summed E-state index contributed by atoms with van der Waals surface area (Å²) >= 11 is 0. The molecule has 3 atom stereocenters. The first kappa shape index (κ1) is 13.6. The Kier molecular flexibility index (Phi) is 3.52. The molecule has 1 fully saturated rings. The van der Waals surface area contributed by atoms with Crippen LogP contribution in [0.1, 0.15) is 49.9 Å². The molecule has 3 unspecified atom stereocenters. The van der Waals surface area contributed by atoms with E-state index in [1.807, 2.05) is 0 Å². The fourth-order valence-corrected chi connectivity index (χ4v) is 2.80. The van der Waals surface area contributed by atoms with Gasteiger partial charge in [-0.3, -0.25) is 0 Å². The number of hydrogen-bond donors (Lipinski definition) is 2. The van der Waals surface area contributed by atoms with Gasteiger partial charge in [0, 0.05) is 17.5 Å². The van der Waals surface area contributed by atoms with E-state index in [0.717, 1.165) is 6.42 Å². The van der Waals surface area contributed by atoms with Gasteiger partial charge >= 0.3 is 0 Å². The Bertz CT molecular complexity index is 439. The van der Waals surface area contributed by atoms with Crippen LogP contribution in [0.5, 0.6) is 0 Å². The standard InChI is InChI=1S/C16H25NO/c1-10-6-7-11(2)13(8-10)12(3)17-14-9-15(18)16(14,4)5/h6-8,12,14-15,17-18H,9H2,1-5H3. The van der Waals surface area contributed by atoms with Gasteiger partial charge in [0.05, 0.1) is 6.10 Å². The van der Waals surface area contributed by atoms with Crippen LogP contribution in [0.4, 0.5) is 0 Å². The van der Waals surface area contributed by atoms with E-state index in [-0.39, 0.29) is 11.5 Å². The quantitative estimate of drug-likeness (QED) is 0.860. The SMILES string of the molecule is Cc1ccc(C)c(C(C)NC2CC(O)C2(C)C)c1. The summed E-state index contributed by atoms with van der Waals surface area (Å²) in [5.74, 6) is 0. The smallest absolute Gasteiger partial charge is 0.0621 e. The van der Waals surface area contributed by atoms with E-state index in [0.29, 0.717) is 12.1 Å². The third kappa shape index (κ3) is 2.32. The second kappa shape index (κ2) is 4.67. The van der Waals surface area contributed by atoms with E-state index in [2.05, 4.69) is 58.1 Å². The summed E-state index contributed by atoms with van der Waals surface area (Å²) in [6, 6.07) is 7.34. The maximum atomic E-state index is 9.79. The summed E-state index contributed by atoms with van der Waals surface area (Å²) in [7, 11) is 0. The lowest BCUT2D eigenvalue weighted by atomic mass is 9.64. The lowest BCUT2D eigenvalue weighted by Gasteiger charge is -2.50. The highest BCUT2D eigenvalue weighted by molar-refractivity contribution is 5.32. The van der Waals surface area contributed by atoms with E-state index in [1.54, 1.807) is 0 Å². The van der Waals surface area contributed by atoms with Crippen molar-refractivity contribution in [1.29, 1.82) is 0 Å². The third-order valence-corrected chi connectivity index (χ3v) is 4.57. The third-order valence-electron chi connectivity index (χ3n) is 4.57. The van der Waals surface area contributed by atoms with Gasteiger partial charge in [0.15, 0.2) is 0 Å². The van der Waals surface area contributed by atoms with Gasteiger partial charge in [-0.1, -0.05) is 37.6 Å². The Morgan fingerprint density at radius 2 is 2.00 bits per heavy atom. The average molecular weight is 247 g/mol. The molecule has 0 heterocycles. The average Bonchev–Trinajstić information content (AvgIpc) is 2.31. The molecule has 2 N–H and O–H groups in total. The van der Waals surface area contributed by atoms with Gasteiger partial charge in [-0.2, -0.15) is 0 Å². The van der Waals surface area contributed by atoms with Crippen LogP contribution < -0.4 is 5.32 Å². The van der Waals surface area contributed by atoms with Crippen molar-refractivity contribution in [3.05, 3.63) is 34.9 Å². The topological polar surface area (TPSA) is 32.3 Å². The van der Waals surface area contributed by atoms with Gasteiger partial charge < -0.3 is 10.4 Å². The van der Waals surface area contributed by atoms with Crippen molar-refractivity contribution in [2.24, 2.45) is 5.41 Å². The minimum atomic E-state index is -0.166. The predicted molar refractivity (Wildman–Crippen MR) is 75.7 cm³/mol. The first-order chi connectivity index (χ1) is 8.32. The first-order valence-corrected chi connectivity index (χ1v) is 6.83. The number of aliphatic hydroxyl groups excluding tert-OH is 1. The van der Waals surface area contributed by atoms with Gasteiger partial charge in [-0.05, 0) is 38.3 Å². The lowest BCUT2D eigenvalue weighted by molar-refractivity contribution is -0.0755. The molecule has 2 nitrogen and oxygen atoms in total. The summed E-state index contributed by atoms with van der Waals surface area (Å²) in [6.45, 7) is 10.8. The molecule has 1 aromatic carbocycles. The van der Waals surface area contributed by atoms with Crippen LogP contribution in [0.3, 0.4) is 0 Å². The van der Waals surface area contributed by atoms with Crippen LogP contribution in [0.25, 0.3) is 0 Å². The van der Waals surface area contributed by atoms with E-state index >= 15 is 0 Å². The molecule has 1 saturated carbocycles. The van der Waals surface area contributed by atoms with Crippen molar-refractivity contribution in [3.63, 3.8) is 0 Å². The highest BCUT2D eigenvalue weighted by atomic mass is 16.3. The van der Waals surface area contributed by atoms with Gasteiger partial charge in [0.1, 0.15) is 0 Å². The molecule has 1 aliphatic carbocycles. The van der Waals surface area contributed by atoms with Crippen molar-refractivity contribution < 1.29 is 5.11 Å². The maximum absolute atomic E-state index is 9.79. The predicted octanol–water partition coefficient (Wildman–Crippen LogP) is 3.11. The minimum Gasteiger partial charge on any atom is -0.392 e. The molecular formula is C16H25NO. The van der Waals surface area contributed by atoms with E-state index in [4.69, 9.17) is 0 Å². The number of benzene rings is 1. The largest absolute Gasteiger partial charge is 0.392 e. The number of rotatable bonds is 3. The van der Waals surface area contributed by atoms with Gasteiger partial charge in [-0.25, -0.2) is 0 Å². The van der Waals surface area contributed by atoms with Crippen LogP contribution in [0, 0.1) is 19.3 Å². The molecule has 100 valence electrons. The lowest BCUT2D eigenvalue weighted by Crippen LogP contribution is -2.60. The van der Waals surface area contributed by atoms with E-state index in [1.165, 1.54) is 16.7 Å². The monoisotopic (exact) mass is 247 g/mol. The Morgan fingerprint density at radius 1 is 1.33 bits per heavy atom. The van der Waals surface area contributed by atoms with Crippen LogP contribution in [0.2, 0.25) is 0 Å². The zero-order valence-electron chi connectivity index (χ0n) is 12.1. The van der Waals surface area contributed by atoms with Crippen molar-refractivity contribution in [2.45, 2.75) is 59.2 Å². The molecule has 0 bridgehead atoms. The second-order valence-corrected chi connectivity index (χ2v) is 6.37. The Hall–Kier alpha value is -0.860. The molecular weight excluding hydrogens is 222 g/mol. The fraction of sp³-hybridized carbons (Fsp3) is 0.625. The summed E-state index contributed by atoms with van der Waals surface area (Å²) in [5, 5.41) is 13.4. The minimum absolute atomic E-state index is 0.00795. The van der Waals surface area contributed by atoms with Crippen LogP contribution in [-0.4, -0.2) is 17.3 Å². The number of nitrogens with one attached hydrogen (secondary N) is 1. The molecule has 0 spiro atoms. The fourth-order valence-electron chi connectivity index (χ4n) is 2.80. The maximum Gasteiger partial charge on any atom is 0.0621 e. The Balaban J connectivity index is 2.09. The first-order valence-electron chi connectivity index (χ1n) is 6.83. The second-order valence-electron chi connectivity index (χ2n) is 6.37. The highest BCUT2D eigenvalue weighted by Gasteiger charge is 2.47. The van der Waals surface area contributed by atoms with Crippen molar-refractivity contribution in [2.75, 3.05) is 0 Å². The normalized spacial score (nSPS) is 27.7. The Morgan fingerprint density at radius 3 is 2.56 bits per heavy atom. The van der Waals surface area contributed by atoms with Gasteiger partial charge in [-0.15, -0.1) is 0 Å². The molecule has 0 aliphatic heterocycles. The molecule has 0 radical (unpaired) electrons. The van der Waals surface area contributed by atoms with E-state index < -0.39 is 0 Å². The van der Waals surface area contributed by atoms with Crippen molar-refractivity contribution in [3.8, 4) is 0 Å². The number of hydrogen-bond acceptors (Lipinski definition) is 2. The molecule has 1 aliphatic rings. The molecule has 2 heteroatoms. The highest BCUT2D eigenvalue weighted by Crippen LogP contribution is 2.41. The van der Waals surface area contributed by atoms with Gasteiger partial charge in [0.2, 0.25) is 0 Å². The zero-order chi connectivity index (χ0) is 13.5. The van der Waals surface area contributed by atoms with Crippen LogP contribution in [0.15, 0.2) is 18.2 Å². The summed E-state index contributed by atoms with van der Waals surface area (Å²) < 4.78 is 0. The number of aryl methyl sites for hydroxylation is 2. The summed E-state index contributed by atoms with van der Waals surface area (Å²) in [4.78, 5) is 0. The molecule has 18 heavy (non-hydrogen) atoms. The van der Waals surface area contributed by atoms with Crippen molar-refractivity contribution >= 4 is 0 Å². The zero-order valence-corrected chi connectivity index (χ0v) is 12.1. The van der Waals surface area contributed by atoms with Crippen LogP contribution in [-0.2, 0) is 0 Å². The summed E-state index contributed by atoms with van der Waals surface area (Å²) in [5.41, 5.74) is 3.99. The number of aliphatic hydroxyl groups is 1. The van der Waals surface area contributed by atoms with Gasteiger partial charge in [0.25, 0.3) is 0 Å². The molecule has 1 aromatic rings. The van der Waals surface area contributed by atoms with Crippen molar-refractivity contribution in [1.82, 2.24) is 5.32 Å². The molecule has 0 amide bonds. The Labute approximate surface area is 110 Å². The molecule has 2 rings (SSSR count). The summed E-state index contributed by atoms with van der Waals surface area (Å²) in [6.07, 6.45) is 0.697. The van der Waals surface area contributed by atoms with Crippen LogP contribution >= 0.6 is 0 Å². The van der Waals surface area contributed by atoms with E-state index in [9.17, 15) is 5.11 Å². The molecule has 0 aromatic heterocycles. The molecule has 0 saturated heterocycles.